The monoisotopic (exact) mass is 841 g/mol. The maximum absolute atomic E-state index is 11.6. The Morgan fingerprint density at radius 2 is 0.607 bits per heavy atom. The first-order valence-corrected chi connectivity index (χ1v) is 23.0. The quantitative estimate of drug-likeness (QED) is 0.146. The minimum Gasteiger partial charge on any atom is -0.507 e. The molecule has 0 aliphatic carbocycles. The smallest absolute Gasteiger partial charge is 0.123 e. The van der Waals surface area contributed by atoms with E-state index >= 15 is 0 Å². The van der Waals surface area contributed by atoms with Gasteiger partial charge >= 0.3 is 0 Å². The normalized spacial score (nSPS) is 13.2. The van der Waals surface area contributed by atoms with Gasteiger partial charge in [0, 0.05) is 9.79 Å². The molecular weight excluding hydrogens is 765 g/mol. The van der Waals surface area contributed by atoms with Crippen molar-refractivity contribution in [3.63, 3.8) is 0 Å². The fourth-order valence-corrected chi connectivity index (χ4v) is 9.22. The van der Waals surface area contributed by atoms with Gasteiger partial charge in [-0.3, -0.25) is 0 Å². The molecule has 5 aromatic rings. The van der Waals surface area contributed by atoms with E-state index in [-0.39, 0.29) is 32.5 Å². The third kappa shape index (κ3) is 11.5. The Morgan fingerprint density at radius 1 is 0.328 bits per heavy atom. The van der Waals surface area contributed by atoms with Gasteiger partial charge in [0.25, 0.3) is 0 Å². The summed E-state index contributed by atoms with van der Waals surface area (Å²) in [5.74, 6) is 1.23. The molecule has 0 spiro atoms. The highest BCUT2D eigenvalue weighted by molar-refractivity contribution is 7.99. The SMILES string of the molecule is CC(C)(C)c1cc(Cc2ccc(Sc3ccc(Cc4cc(C(C)(C)C)c(O)c(C(C)(C)C)c4)cc3Cc3cc(C(C)(C)C)c(O)c(C(C)(C)C)c3)cc2)cc(C(C)(C)C)c1O. The molecule has 5 aromatic carbocycles. The van der Waals surface area contributed by atoms with E-state index in [1.54, 1.807) is 11.8 Å². The first kappa shape index (κ1) is 47.9. The first-order chi connectivity index (χ1) is 27.7. The van der Waals surface area contributed by atoms with Gasteiger partial charge in [-0.1, -0.05) is 197 Å². The lowest BCUT2D eigenvalue weighted by atomic mass is 9.77. The lowest BCUT2D eigenvalue weighted by molar-refractivity contribution is 0.422. The summed E-state index contributed by atoms with van der Waals surface area (Å²) in [5, 5.41) is 34.4. The maximum Gasteiger partial charge on any atom is 0.123 e. The molecule has 0 aliphatic rings. The Bertz CT molecular complexity index is 2270. The summed E-state index contributed by atoms with van der Waals surface area (Å²) >= 11 is 1.80. The van der Waals surface area contributed by atoms with Gasteiger partial charge in [0.1, 0.15) is 17.2 Å². The van der Waals surface area contributed by atoms with Crippen LogP contribution in [0.15, 0.2) is 88.7 Å². The van der Waals surface area contributed by atoms with Crippen molar-refractivity contribution in [2.45, 2.75) is 186 Å². The van der Waals surface area contributed by atoms with Crippen LogP contribution in [0.25, 0.3) is 0 Å². The third-order valence-electron chi connectivity index (χ3n) is 11.8. The number of hydrogen-bond donors (Lipinski definition) is 3. The van der Waals surface area contributed by atoms with Crippen LogP contribution in [0.4, 0.5) is 0 Å². The van der Waals surface area contributed by atoms with Gasteiger partial charge in [0.15, 0.2) is 0 Å². The van der Waals surface area contributed by atoms with Crippen LogP contribution in [0.5, 0.6) is 17.2 Å². The zero-order valence-electron chi connectivity index (χ0n) is 40.9. The van der Waals surface area contributed by atoms with Gasteiger partial charge in [-0.15, -0.1) is 0 Å². The van der Waals surface area contributed by atoms with Crippen LogP contribution in [0.2, 0.25) is 0 Å². The topological polar surface area (TPSA) is 60.7 Å². The molecule has 328 valence electrons. The van der Waals surface area contributed by atoms with E-state index in [9.17, 15) is 15.3 Å². The highest BCUT2D eigenvalue weighted by Gasteiger charge is 2.30. The second-order valence-corrected chi connectivity index (χ2v) is 25.0. The predicted octanol–water partition coefficient (Wildman–Crippen LogP) is 15.5. The van der Waals surface area contributed by atoms with E-state index in [2.05, 4.69) is 203 Å². The molecule has 0 aliphatic heterocycles. The molecule has 0 heterocycles. The summed E-state index contributed by atoms with van der Waals surface area (Å²) < 4.78 is 0. The van der Waals surface area contributed by atoms with Crippen molar-refractivity contribution in [1.82, 2.24) is 0 Å². The number of phenols is 3. The zero-order chi connectivity index (χ0) is 45.8. The molecule has 0 saturated heterocycles. The summed E-state index contributed by atoms with van der Waals surface area (Å²) in [5.41, 5.74) is 12.0. The zero-order valence-corrected chi connectivity index (χ0v) is 41.7. The molecule has 4 heteroatoms. The summed E-state index contributed by atoms with van der Waals surface area (Å²) in [6.45, 7) is 39.1. The van der Waals surface area contributed by atoms with Gasteiger partial charge in [0.2, 0.25) is 0 Å². The Hall–Kier alpha value is -4.15. The minimum atomic E-state index is -0.224. The van der Waals surface area contributed by atoms with E-state index in [0.29, 0.717) is 17.2 Å². The highest BCUT2D eigenvalue weighted by atomic mass is 32.2. The molecule has 5 rings (SSSR count). The molecule has 0 amide bonds. The highest BCUT2D eigenvalue weighted by Crippen LogP contribution is 2.44. The van der Waals surface area contributed by atoms with E-state index in [4.69, 9.17) is 0 Å². The Morgan fingerprint density at radius 3 is 0.918 bits per heavy atom. The number of phenolic OH excluding ortho intramolecular Hbond substituents is 3. The van der Waals surface area contributed by atoms with Crippen molar-refractivity contribution < 1.29 is 15.3 Å². The molecule has 0 atom stereocenters. The fraction of sp³-hybridized carbons (Fsp3) is 0.474. The van der Waals surface area contributed by atoms with Gasteiger partial charge in [0.05, 0.1) is 0 Å². The van der Waals surface area contributed by atoms with Crippen LogP contribution in [0.3, 0.4) is 0 Å². The van der Waals surface area contributed by atoms with Crippen molar-refractivity contribution in [3.05, 3.63) is 146 Å². The van der Waals surface area contributed by atoms with Crippen LogP contribution in [-0.4, -0.2) is 15.3 Å². The summed E-state index contributed by atoms with van der Waals surface area (Å²) in [4.78, 5) is 2.38. The lowest BCUT2D eigenvalue weighted by Gasteiger charge is -2.28. The van der Waals surface area contributed by atoms with Crippen molar-refractivity contribution in [2.24, 2.45) is 0 Å². The lowest BCUT2D eigenvalue weighted by Crippen LogP contribution is -2.18. The predicted molar refractivity (Wildman–Crippen MR) is 262 cm³/mol. The second-order valence-electron chi connectivity index (χ2n) is 23.8. The number of benzene rings is 5. The molecule has 0 radical (unpaired) electrons. The van der Waals surface area contributed by atoms with Crippen molar-refractivity contribution in [2.75, 3.05) is 0 Å². The summed E-state index contributed by atoms with van der Waals surface area (Å²) in [7, 11) is 0. The van der Waals surface area contributed by atoms with Gasteiger partial charge < -0.3 is 15.3 Å². The summed E-state index contributed by atoms with van der Waals surface area (Å²) in [6.07, 6.45) is 2.26. The van der Waals surface area contributed by atoms with Crippen LogP contribution in [0.1, 0.15) is 191 Å². The molecule has 0 unspecified atom stereocenters. The molecule has 0 bridgehead atoms. The molecule has 3 nitrogen and oxygen atoms in total. The van der Waals surface area contributed by atoms with Gasteiger partial charge in [-0.25, -0.2) is 0 Å². The second kappa shape index (κ2) is 16.9. The Labute approximate surface area is 374 Å². The van der Waals surface area contributed by atoms with Crippen LogP contribution in [-0.2, 0) is 51.8 Å². The first-order valence-electron chi connectivity index (χ1n) is 22.2. The molecular formula is C57H76O3S. The minimum absolute atomic E-state index is 0.175. The van der Waals surface area contributed by atoms with E-state index in [0.717, 1.165) is 52.6 Å². The molecule has 0 aromatic heterocycles. The van der Waals surface area contributed by atoms with Crippen molar-refractivity contribution in [3.8, 4) is 17.2 Å². The number of rotatable bonds is 8. The van der Waals surface area contributed by atoms with Crippen LogP contribution < -0.4 is 0 Å². The molecule has 0 fully saturated rings. The summed E-state index contributed by atoms with van der Waals surface area (Å²) in [6, 6.07) is 29.1. The largest absolute Gasteiger partial charge is 0.507 e. The van der Waals surface area contributed by atoms with Gasteiger partial charge in [-0.05, 0) is 137 Å². The van der Waals surface area contributed by atoms with Crippen LogP contribution in [0, 0.1) is 0 Å². The molecule has 3 N–H and O–H groups in total. The number of hydrogen-bond acceptors (Lipinski definition) is 4. The standard InChI is InChI=1S/C57H76O3S/c1-52(2,3)42-29-37(30-43(49(42)58)53(4,5)6)25-35-19-22-41(23-20-35)61-48-24-21-36(26-38-31-44(54(7,8)9)50(59)45(32-38)55(10,11)12)27-40(48)28-39-33-46(56(13,14)15)51(60)47(34-39)57(16,17)18/h19-24,27,29-34,58-60H,25-26,28H2,1-18H3. The van der Waals surface area contributed by atoms with Crippen molar-refractivity contribution in [1.29, 1.82) is 0 Å². The Kier molecular flexibility index (Phi) is 13.2. The molecule has 61 heavy (non-hydrogen) atoms. The maximum atomic E-state index is 11.6. The fourth-order valence-electron chi connectivity index (χ4n) is 8.29. The average Bonchev–Trinajstić information content (AvgIpc) is 3.09. The molecule has 0 saturated carbocycles. The average molecular weight is 841 g/mol. The van der Waals surface area contributed by atoms with Crippen molar-refractivity contribution >= 4 is 11.8 Å². The number of aromatic hydroxyl groups is 3. The van der Waals surface area contributed by atoms with E-state index < -0.39 is 0 Å². The van der Waals surface area contributed by atoms with Gasteiger partial charge in [-0.2, -0.15) is 0 Å². The Balaban J connectivity index is 1.57. The van der Waals surface area contributed by atoms with E-state index in [1.165, 1.54) is 43.2 Å². The third-order valence-corrected chi connectivity index (χ3v) is 13.0. The van der Waals surface area contributed by atoms with E-state index in [1.807, 2.05) is 0 Å². The van der Waals surface area contributed by atoms with Crippen LogP contribution >= 0.6 is 11.8 Å².